The molecule has 1 saturated carbocycles. The summed E-state index contributed by atoms with van der Waals surface area (Å²) in [6.07, 6.45) is 1.65. The number of hydrogen-bond donors (Lipinski definition) is 3. The third-order valence-corrected chi connectivity index (χ3v) is 6.48. The molecule has 0 bridgehead atoms. The van der Waals surface area contributed by atoms with Crippen molar-refractivity contribution in [2.24, 2.45) is 23.7 Å². The summed E-state index contributed by atoms with van der Waals surface area (Å²) < 4.78 is 11.1. The summed E-state index contributed by atoms with van der Waals surface area (Å²) in [4.78, 5) is 23.6. The molecular weight excluding hydrogens is 400 g/mol. The number of allylic oxidation sites excluding steroid dienone is 2. The Hall–Kier alpha value is -1.96. The molecule has 0 spiro atoms. The standard InChI is InChI=1S/C24H36O7/c1-12(2)10-20(30-15(5)25)23(31-16(6)26)14(4)18-11-19(27)13(3)17-8-9-24(7,29)21(17)22(18)28/h8-10,14,17-23,27-29H,3,11H2,1-2,4-7H3/t14-,17+,18+,19-,20+,21+,22-,23+,24-/m1/s1. The Morgan fingerprint density at radius 2 is 1.77 bits per heavy atom. The zero-order chi connectivity index (χ0) is 23.7. The van der Waals surface area contributed by atoms with Crippen molar-refractivity contribution >= 4 is 11.9 Å². The zero-order valence-corrected chi connectivity index (χ0v) is 19.2. The second-order valence-corrected chi connectivity index (χ2v) is 9.37. The largest absolute Gasteiger partial charge is 0.458 e. The Morgan fingerprint density at radius 1 is 1.19 bits per heavy atom. The normalized spacial score (nSPS) is 35.4. The first-order valence-corrected chi connectivity index (χ1v) is 10.7. The number of aliphatic hydroxyl groups is 3. The van der Waals surface area contributed by atoms with Gasteiger partial charge in [0.15, 0.2) is 6.10 Å². The van der Waals surface area contributed by atoms with E-state index >= 15 is 0 Å². The van der Waals surface area contributed by atoms with Crippen LogP contribution in [0.1, 0.15) is 48.0 Å². The first-order valence-electron chi connectivity index (χ1n) is 10.7. The first kappa shape index (κ1) is 25.3. The molecule has 1 fully saturated rings. The van der Waals surface area contributed by atoms with Gasteiger partial charge in [-0.1, -0.05) is 31.2 Å². The van der Waals surface area contributed by atoms with Crippen LogP contribution in [0.15, 0.2) is 36.0 Å². The van der Waals surface area contributed by atoms with Crippen molar-refractivity contribution in [2.75, 3.05) is 0 Å². The van der Waals surface area contributed by atoms with E-state index in [2.05, 4.69) is 6.58 Å². The van der Waals surface area contributed by atoms with Crippen molar-refractivity contribution in [3.8, 4) is 0 Å². The van der Waals surface area contributed by atoms with Gasteiger partial charge in [0.05, 0.1) is 17.8 Å². The fourth-order valence-electron chi connectivity index (χ4n) is 4.99. The van der Waals surface area contributed by atoms with Crippen LogP contribution in [0.4, 0.5) is 0 Å². The minimum absolute atomic E-state index is 0.178. The Morgan fingerprint density at radius 3 is 2.29 bits per heavy atom. The third kappa shape index (κ3) is 5.64. The lowest BCUT2D eigenvalue weighted by Gasteiger charge is -2.40. The maximum atomic E-state index is 11.9. The highest BCUT2D eigenvalue weighted by Gasteiger charge is 2.53. The molecular formula is C24H36O7. The van der Waals surface area contributed by atoms with Gasteiger partial charge in [-0.25, -0.2) is 0 Å². The van der Waals surface area contributed by atoms with Crippen LogP contribution < -0.4 is 0 Å². The molecule has 0 aliphatic heterocycles. The van der Waals surface area contributed by atoms with Crippen molar-refractivity contribution in [2.45, 2.75) is 78.0 Å². The molecule has 2 aliphatic carbocycles. The lowest BCUT2D eigenvalue weighted by molar-refractivity contribution is -0.170. The Kier molecular flexibility index (Phi) is 7.89. The van der Waals surface area contributed by atoms with Gasteiger partial charge in [-0.05, 0) is 44.8 Å². The Balaban J connectivity index is 2.47. The molecule has 7 heteroatoms. The first-order chi connectivity index (χ1) is 14.3. The second kappa shape index (κ2) is 9.67. The van der Waals surface area contributed by atoms with Crippen LogP contribution in [-0.2, 0) is 19.1 Å². The summed E-state index contributed by atoms with van der Waals surface area (Å²) in [7, 11) is 0. The average Bonchev–Trinajstić information content (AvgIpc) is 2.90. The topological polar surface area (TPSA) is 113 Å². The number of esters is 2. The second-order valence-electron chi connectivity index (χ2n) is 9.37. The molecule has 31 heavy (non-hydrogen) atoms. The van der Waals surface area contributed by atoms with E-state index in [9.17, 15) is 24.9 Å². The molecule has 9 atom stereocenters. The van der Waals surface area contributed by atoms with E-state index in [4.69, 9.17) is 9.47 Å². The van der Waals surface area contributed by atoms with Gasteiger partial charge >= 0.3 is 11.9 Å². The fraction of sp³-hybridized carbons (Fsp3) is 0.667. The van der Waals surface area contributed by atoms with Gasteiger partial charge < -0.3 is 24.8 Å². The number of carbonyl (C=O) groups excluding carboxylic acids is 2. The van der Waals surface area contributed by atoms with Gasteiger partial charge in [0.1, 0.15) is 6.10 Å². The Labute approximate surface area is 184 Å². The predicted octanol–water partition coefficient (Wildman–Crippen LogP) is 2.30. The summed E-state index contributed by atoms with van der Waals surface area (Å²) >= 11 is 0. The van der Waals surface area contributed by atoms with Crippen LogP contribution in [0.3, 0.4) is 0 Å². The van der Waals surface area contributed by atoms with Crippen LogP contribution in [-0.4, -0.2) is 57.3 Å². The van der Waals surface area contributed by atoms with Gasteiger partial charge in [-0.15, -0.1) is 0 Å². The van der Waals surface area contributed by atoms with E-state index in [1.165, 1.54) is 13.8 Å². The number of rotatable bonds is 6. The van der Waals surface area contributed by atoms with E-state index in [0.29, 0.717) is 5.57 Å². The van der Waals surface area contributed by atoms with Crippen LogP contribution in [0.5, 0.6) is 0 Å². The smallest absolute Gasteiger partial charge is 0.303 e. The lowest BCUT2D eigenvalue weighted by Crippen LogP contribution is -2.49. The number of carbonyl (C=O) groups is 2. The van der Waals surface area contributed by atoms with Crippen LogP contribution in [0, 0.1) is 23.7 Å². The molecule has 2 aliphatic rings. The molecule has 174 valence electrons. The number of fused-ring (bicyclic) bond motifs is 1. The van der Waals surface area contributed by atoms with E-state index in [1.54, 1.807) is 32.1 Å². The molecule has 0 saturated heterocycles. The number of hydrogen-bond acceptors (Lipinski definition) is 7. The highest BCUT2D eigenvalue weighted by molar-refractivity contribution is 5.67. The third-order valence-electron chi connectivity index (χ3n) is 6.48. The monoisotopic (exact) mass is 436 g/mol. The quantitative estimate of drug-likeness (QED) is 0.432. The van der Waals surface area contributed by atoms with Crippen LogP contribution in [0.25, 0.3) is 0 Å². The molecule has 0 aromatic carbocycles. The molecule has 0 radical (unpaired) electrons. The summed E-state index contributed by atoms with van der Waals surface area (Å²) in [6.45, 7) is 13.7. The predicted molar refractivity (Wildman–Crippen MR) is 116 cm³/mol. The number of ether oxygens (including phenoxy) is 2. The van der Waals surface area contributed by atoms with Crippen molar-refractivity contribution in [3.05, 3.63) is 36.0 Å². The summed E-state index contributed by atoms with van der Waals surface area (Å²) in [6, 6.07) is 0. The molecule has 7 nitrogen and oxygen atoms in total. The molecule has 0 aromatic rings. The molecule has 0 unspecified atom stereocenters. The van der Waals surface area contributed by atoms with Crippen molar-refractivity contribution in [1.82, 2.24) is 0 Å². The van der Waals surface area contributed by atoms with Crippen LogP contribution >= 0.6 is 0 Å². The average molecular weight is 437 g/mol. The summed E-state index contributed by atoms with van der Waals surface area (Å²) in [5.74, 6) is -3.09. The maximum absolute atomic E-state index is 11.9. The summed E-state index contributed by atoms with van der Waals surface area (Å²) in [5.41, 5.74) is 0.132. The lowest BCUT2D eigenvalue weighted by atomic mass is 9.72. The van der Waals surface area contributed by atoms with Crippen molar-refractivity contribution in [1.29, 1.82) is 0 Å². The van der Waals surface area contributed by atoms with E-state index < -0.39 is 59.7 Å². The maximum Gasteiger partial charge on any atom is 0.303 e. The minimum atomic E-state index is -1.28. The van der Waals surface area contributed by atoms with Gasteiger partial charge in [0.25, 0.3) is 0 Å². The Bertz CT molecular complexity index is 762. The van der Waals surface area contributed by atoms with Gasteiger partial charge in [0.2, 0.25) is 0 Å². The van der Waals surface area contributed by atoms with E-state index in [-0.39, 0.29) is 12.3 Å². The molecule has 0 aromatic heterocycles. The SMILES string of the molecule is C=C1[C@H](O)C[C@@H]([C@@H](C)[C@H](OC(C)=O)[C@H](C=C(C)C)OC(C)=O)[C@@H](O)[C@@H]2[C@H]1C=C[C@@]2(C)O. The zero-order valence-electron chi connectivity index (χ0n) is 19.2. The molecule has 2 rings (SSSR count). The number of aliphatic hydroxyl groups excluding tert-OH is 2. The molecule has 0 heterocycles. The van der Waals surface area contributed by atoms with E-state index in [0.717, 1.165) is 5.57 Å². The van der Waals surface area contributed by atoms with Crippen LogP contribution in [0.2, 0.25) is 0 Å². The van der Waals surface area contributed by atoms with E-state index in [1.807, 2.05) is 13.8 Å². The fourth-order valence-corrected chi connectivity index (χ4v) is 4.99. The minimum Gasteiger partial charge on any atom is -0.458 e. The highest BCUT2D eigenvalue weighted by Crippen LogP contribution is 2.48. The molecule has 3 N–H and O–H groups in total. The van der Waals surface area contributed by atoms with Gasteiger partial charge in [-0.2, -0.15) is 0 Å². The van der Waals surface area contributed by atoms with Crippen molar-refractivity contribution < 1.29 is 34.4 Å². The summed E-state index contributed by atoms with van der Waals surface area (Å²) in [5, 5.41) is 33.0. The van der Waals surface area contributed by atoms with Gasteiger partial charge in [0, 0.05) is 31.6 Å². The highest BCUT2D eigenvalue weighted by atomic mass is 16.6. The van der Waals surface area contributed by atoms with Crippen molar-refractivity contribution in [3.63, 3.8) is 0 Å². The van der Waals surface area contributed by atoms with Gasteiger partial charge in [-0.3, -0.25) is 9.59 Å². The molecule has 0 amide bonds.